The first kappa shape index (κ1) is 13.9. The number of carbonyl (C=O) groups excluding carboxylic acids is 1. The molecule has 0 radical (unpaired) electrons. The van der Waals surface area contributed by atoms with Crippen LogP contribution in [0.1, 0.15) is 48.3 Å². The van der Waals surface area contributed by atoms with Gasteiger partial charge in [-0.2, -0.15) is 0 Å². The third kappa shape index (κ3) is 2.43. The summed E-state index contributed by atoms with van der Waals surface area (Å²) in [7, 11) is -0.806. The molecule has 5 heteroatoms. The Bertz CT molecular complexity index is 559. The van der Waals surface area contributed by atoms with Crippen molar-refractivity contribution in [3.05, 3.63) is 29.3 Å². The van der Waals surface area contributed by atoms with Gasteiger partial charge >= 0.3 is 0 Å². The van der Waals surface area contributed by atoms with E-state index in [4.69, 9.17) is 0 Å². The molecular formula is C15H18FNO2S. The Morgan fingerprint density at radius 1 is 1.30 bits per heavy atom. The van der Waals surface area contributed by atoms with Gasteiger partial charge in [0.05, 0.1) is 0 Å². The minimum Gasteiger partial charge on any atom is -0.292 e. The molecule has 3 heterocycles. The van der Waals surface area contributed by atoms with Crippen molar-refractivity contribution in [2.24, 2.45) is 5.92 Å². The summed E-state index contributed by atoms with van der Waals surface area (Å²) in [6, 6.07) is 2.87. The van der Waals surface area contributed by atoms with Gasteiger partial charge in [0.1, 0.15) is 5.69 Å². The minimum absolute atomic E-state index is 0.0410. The van der Waals surface area contributed by atoms with Crippen molar-refractivity contribution < 1.29 is 13.4 Å². The molecule has 3 rings (SSSR count). The number of hydrogen-bond acceptors (Lipinski definition) is 3. The van der Waals surface area contributed by atoms with E-state index in [0.29, 0.717) is 18.5 Å². The van der Waals surface area contributed by atoms with Gasteiger partial charge in [-0.3, -0.25) is 9.00 Å². The first-order valence-electron chi connectivity index (χ1n) is 7.13. The minimum atomic E-state index is -0.806. The van der Waals surface area contributed by atoms with Gasteiger partial charge in [-0.05, 0) is 44.7 Å². The second-order valence-electron chi connectivity index (χ2n) is 5.82. The number of fused-ring (bicyclic) bond motifs is 2. The van der Waals surface area contributed by atoms with Crippen molar-refractivity contribution in [1.82, 2.24) is 4.98 Å². The summed E-state index contributed by atoms with van der Waals surface area (Å²) in [6.45, 7) is 1.75. The number of rotatable bonds is 2. The molecule has 1 aromatic heterocycles. The molecule has 0 N–H and O–H groups in total. The second kappa shape index (κ2) is 5.35. The van der Waals surface area contributed by atoms with Crippen molar-refractivity contribution in [1.29, 1.82) is 0 Å². The average Bonchev–Trinajstić information content (AvgIpc) is 2.40. The van der Waals surface area contributed by atoms with Crippen LogP contribution in [0.2, 0.25) is 0 Å². The lowest BCUT2D eigenvalue weighted by atomic mass is 9.85. The Labute approximate surface area is 120 Å². The molecule has 3 nitrogen and oxygen atoms in total. The summed E-state index contributed by atoms with van der Waals surface area (Å²) in [5.74, 6) is -0.968. The van der Waals surface area contributed by atoms with Gasteiger partial charge in [-0.15, -0.1) is 0 Å². The predicted molar refractivity (Wildman–Crippen MR) is 75.6 cm³/mol. The van der Waals surface area contributed by atoms with Gasteiger partial charge in [0.25, 0.3) is 0 Å². The molecule has 20 heavy (non-hydrogen) atoms. The summed E-state index contributed by atoms with van der Waals surface area (Å²) in [5, 5.41) is 0.230. The topological polar surface area (TPSA) is 47.0 Å². The van der Waals surface area contributed by atoms with E-state index in [1.165, 1.54) is 6.07 Å². The summed E-state index contributed by atoms with van der Waals surface area (Å²) in [6.07, 6.45) is 4.19. The quantitative estimate of drug-likeness (QED) is 0.788. The fourth-order valence-corrected chi connectivity index (χ4v) is 5.54. The zero-order chi connectivity index (χ0) is 14.3. The standard InChI is InChI=1S/C15H18FNO2S/c1-9-5-6-13(16)14(17-9)15(18)10-7-11-3-2-4-12(8-10)20(11)19/h5-6,10-12H,2-4,7-8H2,1H3. The lowest BCUT2D eigenvalue weighted by Gasteiger charge is -2.37. The molecule has 2 aliphatic heterocycles. The summed E-state index contributed by atoms with van der Waals surface area (Å²) >= 11 is 0. The molecule has 2 aliphatic rings. The van der Waals surface area contributed by atoms with E-state index < -0.39 is 16.6 Å². The number of halogens is 1. The van der Waals surface area contributed by atoms with E-state index >= 15 is 0 Å². The highest BCUT2D eigenvalue weighted by Crippen LogP contribution is 2.38. The number of aromatic nitrogens is 1. The van der Waals surface area contributed by atoms with Crippen LogP contribution in [0, 0.1) is 18.7 Å². The van der Waals surface area contributed by atoms with Crippen LogP contribution in [-0.4, -0.2) is 25.5 Å². The number of aryl methyl sites for hydroxylation is 1. The lowest BCUT2D eigenvalue weighted by Crippen LogP contribution is -2.41. The second-order valence-corrected chi connectivity index (χ2v) is 7.81. The summed E-state index contributed by atoms with van der Waals surface area (Å²) in [5.41, 5.74) is 0.607. The molecule has 0 aliphatic carbocycles. The fourth-order valence-electron chi connectivity index (χ4n) is 3.35. The van der Waals surface area contributed by atoms with Gasteiger partial charge in [0, 0.05) is 32.9 Å². The highest BCUT2D eigenvalue weighted by Gasteiger charge is 2.41. The van der Waals surface area contributed by atoms with Crippen LogP contribution in [0.3, 0.4) is 0 Å². The first-order valence-corrected chi connectivity index (χ1v) is 8.40. The molecule has 1 aromatic rings. The van der Waals surface area contributed by atoms with E-state index in [1.54, 1.807) is 13.0 Å². The molecular weight excluding hydrogens is 277 g/mol. The SMILES string of the molecule is Cc1ccc(F)c(C(=O)C2CC3CCCC(C2)S3=O)n1. The molecule has 0 aromatic carbocycles. The number of nitrogens with zero attached hydrogens (tertiary/aromatic N) is 1. The molecule has 2 fully saturated rings. The Balaban J connectivity index is 1.84. The molecule has 2 bridgehead atoms. The number of hydrogen-bond donors (Lipinski definition) is 0. The predicted octanol–water partition coefficient (Wildman–Crippen LogP) is 2.79. The highest BCUT2D eigenvalue weighted by molar-refractivity contribution is 7.86. The number of Topliss-reactive ketones (excluding diaryl/α,β-unsaturated/α-hetero) is 1. The van der Waals surface area contributed by atoms with Crippen LogP contribution in [0.4, 0.5) is 4.39 Å². The maximum Gasteiger partial charge on any atom is 0.187 e. The molecule has 0 spiro atoms. The van der Waals surface area contributed by atoms with Gasteiger partial charge < -0.3 is 0 Å². The zero-order valence-electron chi connectivity index (χ0n) is 11.5. The van der Waals surface area contributed by atoms with Crippen LogP contribution in [0.15, 0.2) is 12.1 Å². The average molecular weight is 295 g/mol. The Morgan fingerprint density at radius 2 is 1.95 bits per heavy atom. The van der Waals surface area contributed by atoms with E-state index in [2.05, 4.69) is 4.98 Å². The molecule has 2 atom stereocenters. The molecule has 2 unspecified atom stereocenters. The van der Waals surface area contributed by atoms with Crippen LogP contribution >= 0.6 is 0 Å². The van der Waals surface area contributed by atoms with Crippen molar-refractivity contribution in [3.8, 4) is 0 Å². The third-order valence-electron chi connectivity index (χ3n) is 4.39. The molecule has 0 saturated carbocycles. The van der Waals surface area contributed by atoms with Gasteiger partial charge in [0.2, 0.25) is 0 Å². The van der Waals surface area contributed by atoms with Gasteiger partial charge in [-0.1, -0.05) is 6.42 Å². The van der Waals surface area contributed by atoms with Crippen molar-refractivity contribution in [2.75, 3.05) is 0 Å². The molecule has 2 saturated heterocycles. The largest absolute Gasteiger partial charge is 0.292 e. The van der Waals surface area contributed by atoms with Crippen LogP contribution in [0.25, 0.3) is 0 Å². The number of ketones is 1. The Morgan fingerprint density at radius 3 is 2.60 bits per heavy atom. The lowest BCUT2D eigenvalue weighted by molar-refractivity contribution is 0.0885. The van der Waals surface area contributed by atoms with E-state index in [1.807, 2.05) is 0 Å². The maximum absolute atomic E-state index is 13.8. The van der Waals surface area contributed by atoms with Crippen molar-refractivity contribution in [3.63, 3.8) is 0 Å². The highest BCUT2D eigenvalue weighted by atomic mass is 32.2. The summed E-state index contributed by atoms with van der Waals surface area (Å²) < 4.78 is 25.9. The van der Waals surface area contributed by atoms with Crippen molar-refractivity contribution in [2.45, 2.75) is 49.5 Å². The third-order valence-corrected chi connectivity index (χ3v) is 6.56. The van der Waals surface area contributed by atoms with E-state index in [9.17, 15) is 13.4 Å². The number of pyridine rings is 1. The smallest absolute Gasteiger partial charge is 0.187 e. The van der Waals surface area contributed by atoms with Gasteiger partial charge in [-0.25, -0.2) is 9.37 Å². The van der Waals surface area contributed by atoms with Crippen LogP contribution in [0.5, 0.6) is 0 Å². The Kier molecular flexibility index (Phi) is 3.71. The van der Waals surface area contributed by atoms with Crippen LogP contribution in [-0.2, 0) is 10.8 Å². The first-order chi connectivity index (χ1) is 9.56. The van der Waals surface area contributed by atoms with E-state index in [0.717, 1.165) is 19.3 Å². The summed E-state index contributed by atoms with van der Waals surface area (Å²) in [4.78, 5) is 16.6. The maximum atomic E-state index is 13.8. The fraction of sp³-hybridized carbons (Fsp3) is 0.600. The molecule has 108 valence electrons. The monoisotopic (exact) mass is 295 g/mol. The van der Waals surface area contributed by atoms with Crippen LogP contribution < -0.4 is 0 Å². The van der Waals surface area contributed by atoms with E-state index in [-0.39, 0.29) is 27.9 Å². The number of carbonyl (C=O) groups is 1. The molecule has 0 amide bonds. The van der Waals surface area contributed by atoms with Crippen molar-refractivity contribution >= 4 is 16.6 Å². The zero-order valence-corrected chi connectivity index (χ0v) is 12.3. The normalized spacial score (nSPS) is 32.9. The Hall–Kier alpha value is -1.10. The van der Waals surface area contributed by atoms with Gasteiger partial charge in [0.15, 0.2) is 11.6 Å².